The number of anilines is 1. The summed E-state index contributed by atoms with van der Waals surface area (Å²) in [6, 6.07) is 5.11. The van der Waals surface area contributed by atoms with Crippen LogP contribution in [0.1, 0.15) is 25.8 Å². The largest absolute Gasteiger partial charge is 0.508 e. The Hall–Kier alpha value is -1.75. The van der Waals surface area contributed by atoms with Gasteiger partial charge in [0.05, 0.1) is 19.1 Å². The predicted octanol–water partition coefficient (Wildman–Crippen LogP) is 1.84. The first kappa shape index (κ1) is 16.3. The molecule has 0 radical (unpaired) electrons. The van der Waals surface area contributed by atoms with Crippen LogP contribution in [-0.4, -0.2) is 42.0 Å². The minimum atomic E-state index is -0.796. The van der Waals surface area contributed by atoms with E-state index in [1.807, 2.05) is 24.8 Å². The number of aryl methyl sites for hydroxylation is 1. The standard InChI is InChI=1S/C15H23NO4/c1-4-16(10-13(18)9-15(19)20-5-2)14-8-12(17)7-6-11(14)3/h6-8,13,17-18H,4-5,9-10H2,1-3H3. The number of phenols is 1. The number of nitrogens with zero attached hydrogens (tertiary/aromatic N) is 1. The van der Waals surface area contributed by atoms with E-state index in [9.17, 15) is 15.0 Å². The van der Waals surface area contributed by atoms with E-state index in [-0.39, 0.29) is 12.2 Å². The molecule has 0 saturated carbocycles. The van der Waals surface area contributed by atoms with Crippen molar-refractivity contribution in [1.29, 1.82) is 0 Å². The molecule has 2 N–H and O–H groups in total. The number of aliphatic hydroxyl groups is 1. The van der Waals surface area contributed by atoms with Gasteiger partial charge in [0, 0.05) is 24.8 Å². The second kappa shape index (κ2) is 7.75. The first-order chi connectivity index (χ1) is 9.47. The molecule has 5 nitrogen and oxygen atoms in total. The summed E-state index contributed by atoms with van der Waals surface area (Å²) in [6.45, 7) is 6.94. The fourth-order valence-electron chi connectivity index (χ4n) is 2.07. The van der Waals surface area contributed by atoms with Crippen LogP contribution < -0.4 is 4.90 Å². The van der Waals surface area contributed by atoms with Crippen LogP contribution in [0.2, 0.25) is 0 Å². The van der Waals surface area contributed by atoms with Gasteiger partial charge in [0.25, 0.3) is 0 Å². The summed E-state index contributed by atoms with van der Waals surface area (Å²) in [5.41, 5.74) is 1.86. The average molecular weight is 281 g/mol. The number of rotatable bonds is 7. The molecule has 1 aromatic rings. The highest BCUT2D eigenvalue weighted by Gasteiger charge is 2.17. The van der Waals surface area contributed by atoms with Crippen molar-refractivity contribution in [3.05, 3.63) is 23.8 Å². The quantitative estimate of drug-likeness (QED) is 0.746. The molecular formula is C15H23NO4. The van der Waals surface area contributed by atoms with E-state index in [0.29, 0.717) is 19.7 Å². The molecule has 0 aliphatic heterocycles. The lowest BCUT2D eigenvalue weighted by Gasteiger charge is -2.27. The number of hydrogen-bond donors (Lipinski definition) is 2. The Kier molecular flexibility index (Phi) is 6.31. The van der Waals surface area contributed by atoms with Gasteiger partial charge in [-0.25, -0.2) is 0 Å². The molecule has 1 rings (SSSR count). The van der Waals surface area contributed by atoms with Crippen LogP contribution in [-0.2, 0) is 9.53 Å². The van der Waals surface area contributed by atoms with Gasteiger partial charge < -0.3 is 19.8 Å². The zero-order valence-corrected chi connectivity index (χ0v) is 12.3. The van der Waals surface area contributed by atoms with Crippen LogP contribution in [0.5, 0.6) is 5.75 Å². The SMILES string of the molecule is CCOC(=O)CC(O)CN(CC)c1cc(O)ccc1C. The third-order valence-corrected chi connectivity index (χ3v) is 3.05. The second-order valence-electron chi connectivity index (χ2n) is 4.67. The lowest BCUT2D eigenvalue weighted by molar-refractivity contribution is -0.145. The maximum absolute atomic E-state index is 11.3. The summed E-state index contributed by atoms with van der Waals surface area (Å²) in [5, 5.41) is 19.5. The van der Waals surface area contributed by atoms with Crippen molar-refractivity contribution < 1.29 is 19.7 Å². The number of aliphatic hydroxyl groups excluding tert-OH is 1. The number of hydrogen-bond acceptors (Lipinski definition) is 5. The van der Waals surface area contributed by atoms with E-state index in [4.69, 9.17) is 4.74 Å². The van der Waals surface area contributed by atoms with Gasteiger partial charge >= 0.3 is 5.97 Å². The first-order valence-electron chi connectivity index (χ1n) is 6.86. The zero-order valence-electron chi connectivity index (χ0n) is 12.3. The van der Waals surface area contributed by atoms with Crippen molar-refractivity contribution in [2.45, 2.75) is 33.3 Å². The fourth-order valence-corrected chi connectivity index (χ4v) is 2.07. The first-order valence-corrected chi connectivity index (χ1v) is 6.86. The minimum absolute atomic E-state index is 0.0256. The van der Waals surface area contributed by atoms with E-state index in [2.05, 4.69) is 0 Å². The van der Waals surface area contributed by atoms with Gasteiger partial charge in [0.1, 0.15) is 5.75 Å². The van der Waals surface area contributed by atoms with Gasteiger partial charge in [-0.1, -0.05) is 6.07 Å². The Morgan fingerprint density at radius 3 is 2.70 bits per heavy atom. The summed E-state index contributed by atoms with van der Waals surface area (Å²) in [4.78, 5) is 13.3. The van der Waals surface area contributed by atoms with Crippen molar-refractivity contribution in [1.82, 2.24) is 0 Å². The number of esters is 1. The molecule has 0 aromatic heterocycles. The van der Waals surface area contributed by atoms with Gasteiger partial charge in [0.15, 0.2) is 0 Å². The highest BCUT2D eigenvalue weighted by Crippen LogP contribution is 2.25. The molecule has 5 heteroatoms. The Bertz CT molecular complexity index is 447. The van der Waals surface area contributed by atoms with Crippen LogP contribution in [0.15, 0.2) is 18.2 Å². The van der Waals surface area contributed by atoms with Crippen molar-refractivity contribution in [3.63, 3.8) is 0 Å². The molecule has 0 amide bonds. The lowest BCUT2D eigenvalue weighted by atomic mass is 10.1. The number of carbonyl (C=O) groups excluding carboxylic acids is 1. The van der Waals surface area contributed by atoms with Gasteiger partial charge in [-0.05, 0) is 32.4 Å². The van der Waals surface area contributed by atoms with Crippen LogP contribution >= 0.6 is 0 Å². The molecule has 0 aliphatic carbocycles. The summed E-state index contributed by atoms with van der Waals surface area (Å²) in [5.74, 6) is -0.215. The van der Waals surface area contributed by atoms with E-state index < -0.39 is 12.1 Å². The topological polar surface area (TPSA) is 70.0 Å². The van der Waals surface area contributed by atoms with Gasteiger partial charge in [0.2, 0.25) is 0 Å². The fraction of sp³-hybridized carbons (Fsp3) is 0.533. The molecular weight excluding hydrogens is 258 g/mol. The maximum atomic E-state index is 11.3. The molecule has 0 spiro atoms. The van der Waals surface area contributed by atoms with Crippen molar-refractivity contribution >= 4 is 11.7 Å². The number of ether oxygens (including phenoxy) is 1. The molecule has 112 valence electrons. The summed E-state index contributed by atoms with van der Waals surface area (Å²) in [6.07, 6.45) is -0.821. The molecule has 0 aliphatic rings. The van der Waals surface area contributed by atoms with Crippen molar-refractivity contribution in [2.24, 2.45) is 0 Å². The highest BCUT2D eigenvalue weighted by atomic mass is 16.5. The van der Waals surface area contributed by atoms with Crippen LogP contribution in [0.3, 0.4) is 0 Å². The third-order valence-electron chi connectivity index (χ3n) is 3.05. The monoisotopic (exact) mass is 281 g/mol. The molecule has 0 bridgehead atoms. The molecule has 1 unspecified atom stereocenters. The minimum Gasteiger partial charge on any atom is -0.508 e. The van der Waals surface area contributed by atoms with E-state index in [1.165, 1.54) is 0 Å². The third kappa shape index (κ3) is 4.74. The number of carbonyl (C=O) groups is 1. The maximum Gasteiger partial charge on any atom is 0.308 e. The molecule has 1 atom stereocenters. The smallest absolute Gasteiger partial charge is 0.308 e. The van der Waals surface area contributed by atoms with Gasteiger partial charge in [-0.2, -0.15) is 0 Å². The number of phenolic OH excluding ortho intramolecular Hbond substituents is 1. The van der Waals surface area contributed by atoms with Crippen LogP contribution in [0.4, 0.5) is 5.69 Å². The average Bonchev–Trinajstić information content (AvgIpc) is 2.39. The van der Waals surface area contributed by atoms with Crippen LogP contribution in [0, 0.1) is 6.92 Å². The van der Waals surface area contributed by atoms with Crippen LogP contribution in [0.25, 0.3) is 0 Å². The normalized spacial score (nSPS) is 12.0. The Morgan fingerprint density at radius 1 is 1.40 bits per heavy atom. The Balaban J connectivity index is 2.71. The Morgan fingerprint density at radius 2 is 2.10 bits per heavy atom. The zero-order chi connectivity index (χ0) is 15.1. The lowest BCUT2D eigenvalue weighted by Crippen LogP contribution is -2.34. The van der Waals surface area contributed by atoms with Crippen molar-refractivity contribution in [3.8, 4) is 5.75 Å². The van der Waals surface area contributed by atoms with E-state index in [1.54, 1.807) is 19.1 Å². The molecule has 0 fully saturated rings. The number of benzene rings is 1. The summed E-state index contributed by atoms with van der Waals surface area (Å²) in [7, 11) is 0. The molecule has 1 aromatic carbocycles. The van der Waals surface area contributed by atoms with Gasteiger partial charge in [-0.15, -0.1) is 0 Å². The van der Waals surface area contributed by atoms with E-state index in [0.717, 1.165) is 11.3 Å². The number of aromatic hydroxyl groups is 1. The molecule has 20 heavy (non-hydrogen) atoms. The van der Waals surface area contributed by atoms with E-state index >= 15 is 0 Å². The highest BCUT2D eigenvalue weighted by molar-refractivity contribution is 5.70. The Labute approximate surface area is 119 Å². The van der Waals surface area contributed by atoms with Gasteiger partial charge in [-0.3, -0.25) is 4.79 Å². The van der Waals surface area contributed by atoms with Crippen molar-refractivity contribution in [2.75, 3.05) is 24.6 Å². The molecule has 0 saturated heterocycles. The molecule has 0 heterocycles. The number of likely N-dealkylation sites (N-methyl/N-ethyl adjacent to an activating group) is 1. The predicted molar refractivity (Wildman–Crippen MR) is 78.0 cm³/mol. The summed E-state index contributed by atoms with van der Waals surface area (Å²) < 4.78 is 4.82. The second-order valence-corrected chi connectivity index (χ2v) is 4.67. The summed E-state index contributed by atoms with van der Waals surface area (Å²) >= 11 is 0.